The van der Waals surface area contributed by atoms with Gasteiger partial charge in [-0.05, 0) is 30.3 Å². The number of para-hydroxylation sites is 2. The summed E-state index contributed by atoms with van der Waals surface area (Å²) in [4.78, 5) is 12.0. The third kappa shape index (κ3) is 6.72. The number of carbonyl (C=O) groups excluding carboxylic acids is 1. The van der Waals surface area contributed by atoms with Gasteiger partial charge >= 0.3 is 0 Å². The van der Waals surface area contributed by atoms with Crippen LogP contribution in [-0.2, 0) is 11.3 Å². The summed E-state index contributed by atoms with van der Waals surface area (Å²) in [6.45, 7) is 4.06. The quantitative estimate of drug-likeness (QED) is 0.775. The Bertz CT molecular complexity index is 591. The minimum atomic E-state index is -0.0418. The molecule has 0 fully saturated rings. The monoisotopic (exact) mass is 334 g/mol. The van der Waals surface area contributed by atoms with E-state index in [2.05, 4.69) is 17.6 Å². The molecule has 5 heteroatoms. The Morgan fingerprint density at radius 1 is 1.04 bits per heavy atom. The topological polar surface area (TPSA) is 50.4 Å². The standard InChI is InChI=1S/C18H22N2O2.ClH/c1-2-19-14-15-8-6-7-11-17(15)20-18(21)12-13-22-16-9-4-3-5-10-16;/h3-11,19H,2,12-14H2,1H3,(H,20,21);1H. The lowest BCUT2D eigenvalue weighted by molar-refractivity contribution is -0.116. The van der Waals surface area contributed by atoms with Crippen LogP contribution in [0.1, 0.15) is 18.9 Å². The lowest BCUT2D eigenvalue weighted by Gasteiger charge is -2.11. The van der Waals surface area contributed by atoms with Gasteiger partial charge in [-0.2, -0.15) is 0 Å². The predicted octanol–water partition coefficient (Wildman–Crippen LogP) is 3.63. The molecule has 0 spiro atoms. The van der Waals surface area contributed by atoms with Gasteiger partial charge in [0, 0.05) is 12.2 Å². The van der Waals surface area contributed by atoms with Crippen molar-refractivity contribution in [3.05, 3.63) is 60.2 Å². The Morgan fingerprint density at radius 3 is 2.48 bits per heavy atom. The Kier molecular flexibility index (Phi) is 8.80. The second kappa shape index (κ2) is 10.6. The summed E-state index contributed by atoms with van der Waals surface area (Å²) in [7, 11) is 0. The fourth-order valence-electron chi connectivity index (χ4n) is 2.05. The van der Waals surface area contributed by atoms with E-state index in [1.807, 2.05) is 54.6 Å². The minimum absolute atomic E-state index is 0. The molecule has 0 unspecified atom stereocenters. The highest BCUT2D eigenvalue weighted by molar-refractivity contribution is 5.91. The number of carbonyl (C=O) groups is 1. The molecule has 0 bridgehead atoms. The van der Waals surface area contributed by atoms with Crippen molar-refractivity contribution in [2.75, 3.05) is 18.5 Å². The second-order valence-corrected chi connectivity index (χ2v) is 4.90. The molecular formula is C18H23ClN2O2. The first kappa shape index (κ1) is 19.0. The largest absolute Gasteiger partial charge is 0.493 e. The molecule has 2 N–H and O–H groups in total. The lowest BCUT2D eigenvalue weighted by atomic mass is 10.1. The van der Waals surface area contributed by atoms with Crippen LogP contribution >= 0.6 is 12.4 Å². The molecule has 2 aromatic rings. The van der Waals surface area contributed by atoms with E-state index in [4.69, 9.17) is 4.74 Å². The molecule has 4 nitrogen and oxygen atoms in total. The normalized spacial score (nSPS) is 9.78. The van der Waals surface area contributed by atoms with Gasteiger partial charge in [-0.1, -0.05) is 43.3 Å². The average molecular weight is 335 g/mol. The molecule has 23 heavy (non-hydrogen) atoms. The van der Waals surface area contributed by atoms with E-state index in [0.717, 1.165) is 30.1 Å². The average Bonchev–Trinajstić information content (AvgIpc) is 2.55. The minimum Gasteiger partial charge on any atom is -0.493 e. The van der Waals surface area contributed by atoms with Crippen LogP contribution in [0.15, 0.2) is 54.6 Å². The molecule has 124 valence electrons. The van der Waals surface area contributed by atoms with Crippen LogP contribution in [0.4, 0.5) is 5.69 Å². The maximum Gasteiger partial charge on any atom is 0.227 e. The highest BCUT2D eigenvalue weighted by atomic mass is 35.5. The van der Waals surface area contributed by atoms with Crippen LogP contribution in [0.2, 0.25) is 0 Å². The van der Waals surface area contributed by atoms with E-state index in [0.29, 0.717) is 13.0 Å². The molecule has 0 saturated carbocycles. The fraction of sp³-hybridized carbons (Fsp3) is 0.278. The summed E-state index contributed by atoms with van der Waals surface area (Å²) >= 11 is 0. The summed E-state index contributed by atoms with van der Waals surface area (Å²) < 4.78 is 5.54. The molecule has 0 saturated heterocycles. The summed E-state index contributed by atoms with van der Waals surface area (Å²) in [5.74, 6) is 0.739. The van der Waals surface area contributed by atoms with E-state index in [1.54, 1.807) is 0 Å². The molecule has 0 atom stereocenters. The SMILES string of the molecule is CCNCc1ccccc1NC(=O)CCOc1ccccc1.Cl. The highest BCUT2D eigenvalue weighted by Gasteiger charge is 2.06. The number of hydrogen-bond acceptors (Lipinski definition) is 3. The van der Waals surface area contributed by atoms with Gasteiger partial charge in [0.25, 0.3) is 0 Å². The van der Waals surface area contributed by atoms with E-state index in [9.17, 15) is 4.79 Å². The molecule has 0 heterocycles. The first-order valence-electron chi connectivity index (χ1n) is 7.56. The number of amides is 1. The predicted molar refractivity (Wildman–Crippen MR) is 96.3 cm³/mol. The smallest absolute Gasteiger partial charge is 0.227 e. The van der Waals surface area contributed by atoms with Crippen LogP contribution < -0.4 is 15.4 Å². The maximum atomic E-state index is 12.0. The maximum absolute atomic E-state index is 12.0. The zero-order chi connectivity index (χ0) is 15.6. The zero-order valence-corrected chi connectivity index (χ0v) is 14.1. The van der Waals surface area contributed by atoms with E-state index in [-0.39, 0.29) is 18.3 Å². The molecule has 2 rings (SSSR count). The van der Waals surface area contributed by atoms with Crippen molar-refractivity contribution in [3.8, 4) is 5.75 Å². The third-order valence-electron chi connectivity index (χ3n) is 3.20. The number of benzene rings is 2. The van der Waals surface area contributed by atoms with Crippen molar-refractivity contribution in [2.24, 2.45) is 0 Å². The van der Waals surface area contributed by atoms with Crippen molar-refractivity contribution in [1.82, 2.24) is 5.32 Å². The first-order valence-corrected chi connectivity index (χ1v) is 7.56. The second-order valence-electron chi connectivity index (χ2n) is 4.90. The van der Waals surface area contributed by atoms with Crippen molar-refractivity contribution in [3.63, 3.8) is 0 Å². The van der Waals surface area contributed by atoms with E-state index < -0.39 is 0 Å². The van der Waals surface area contributed by atoms with E-state index >= 15 is 0 Å². The third-order valence-corrected chi connectivity index (χ3v) is 3.20. The van der Waals surface area contributed by atoms with Crippen molar-refractivity contribution < 1.29 is 9.53 Å². The van der Waals surface area contributed by atoms with Gasteiger partial charge in [-0.25, -0.2) is 0 Å². The Hall–Kier alpha value is -2.04. The molecular weight excluding hydrogens is 312 g/mol. The fourth-order valence-corrected chi connectivity index (χ4v) is 2.05. The van der Waals surface area contributed by atoms with Crippen LogP contribution in [0, 0.1) is 0 Å². The Balaban J connectivity index is 0.00000264. The van der Waals surface area contributed by atoms with Crippen LogP contribution in [0.5, 0.6) is 5.75 Å². The van der Waals surface area contributed by atoms with Crippen molar-refractivity contribution in [2.45, 2.75) is 19.9 Å². The van der Waals surface area contributed by atoms with Gasteiger partial charge in [0.15, 0.2) is 0 Å². The highest BCUT2D eigenvalue weighted by Crippen LogP contribution is 2.15. The summed E-state index contributed by atoms with van der Waals surface area (Å²) in [5, 5.41) is 6.21. The first-order chi connectivity index (χ1) is 10.8. The summed E-state index contributed by atoms with van der Waals surface area (Å²) in [6.07, 6.45) is 0.324. The number of anilines is 1. The number of hydrogen-bond donors (Lipinski definition) is 2. The Morgan fingerprint density at radius 2 is 1.74 bits per heavy atom. The van der Waals surface area contributed by atoms with Gasteiger partial charge in [0.2, 0.25) is 5.91 Å². The molecule has 0 aliphatic heterocycles. The van der Waals surface area contributed by atoms with E-state index in [1.165, 1.54) is 0 Å². The molecule has 0 aromatic heterocycles. The van der Waals surface area contributed by atoms with Crippen molar-refractivity contribution in [1.29, 1.82) is 0 Å². The van der Waals surface area contributed by atoms with Gasteiger partial charge in [0.05, 0.1) is 13.0 Å². The van der Waals surface area contributed by atoms with Crippen molar-refractivity contribution >= 4 is 24.0 Å². The van der Waals surface area contributed by atoms with Crippen LogP contribution in [0.3, 0.4) is 0 Å². The van der Waals surface area contributed by atoms with Crippen LogP contribution in [0.25, 0.3) is 0 Å². The van der Waals surface area contributed by atoms with Gasteiger partial charge in [-0.15, -0.1) is 12.4 Å². The molecule has 0 aliphatic carbocycles. The van der Waals surface area contributed by atoms with Gasteiger partial charge in [-0.3, -0.25) is 4.79 Å². The van der Waals surface area contributed by atoms with Gasteiger partial charge < -0.3 is 15.4 Å². The zero-order valence-electron chi connectivity index (χ0n) is 13.2. The van der Waals surface area contributed by atoms with Gasteiger partial charge in [0.1, 0.15) is 5.75 Å². The Labute approximate surface area is 143 Å². The summed E-state index contributed by atoms with van der Waals surface area (Å²) in [5.41, 5.74) is 1.94. The molecule has 2 aromatic carbocycles. The number of nitrogens with one attached hydrogen (secondary N) is 2. The molecule has 0 aliphatic rings. The number of rotatable bonds is 8. The lowest BCUT2D eigenvalue weighted by Crippen LogP contribution is -2.18. The number of ether oxygens (including phenoxy) is 1. The molecule has 1 amide bonds. The van der Waals surface area contributed by atoms with Crippen LogP contribution in [-0.4, -0.2) is 19.1 Å². The summed E-state index contributed by atoms with van der Waals surface area (Å²) in [6, 6.07) is 17.3. The molecule has 0 radical (unpaired) electrons. The number of halogens is 1.